The van der Waals surface area contributed by atoms with E-state index in [2.05, 4.69) is 5.32 Å². The van der Waals surface area contributed by atoms with E-state index in [1.54, 1.807) is 0 Å². The van der Waals surface area contributed by atoms with Crippen LogP contribution < -0.4 is 5.32 Å². The van der Waals surface area contributed by atoms with Crippen molar-refractivity contribution in [3.05, 3.63) is 36.5 Å². The van der Waals surface area contributed by atoms with E-state index in [1.165, 1.54) is 0 Å². The number of aliphatic carboxylic acids is 1. The second-order valence-electron chi connectivity index (χ2n) is 5.87. The highest BCUT2D eigenvalue weighted by Gasteiger charge is 2.41. The maximum Gasteiger partial charge on any atom is 0.329 e. The topological polar surface area (TPSA) is 80.6 Å². The van der Waals surface area contributed by atoms with Gasteiger partial charge in [-0.2, -0.15) is 0 Å². The van der Waals surface area contributed by atoms with Crippen LogP contribution in [0.25, 0.3) is 10.9 Å². The van der Waals surface area contributed by atoms with E-state index in [0.29, 0.717) is 32.6 Å². The molecule has 0 spiro atoms. The van der Waals surface area contributed by atoms with Crippen LogP contribution in [-0.4, -0.2) is 40.3 Å². The van der Waals surface area contributed by atoms with Gasteiger partial charge in [0.2, 0.25) is 5.91 Å². The highest BCUT2D eigenvalue weighted by Crippen LogP contribution is 2.21. The van der Waals surface area contributed by atoms with Crippen molar-refractivity contribution in [2.45, 2.75) is 31.3 Å². The summed E-state index contributed by atoms with van der Waals surface area (Å²) in [7, 11) is 0. The summed E-state index contributed by atoms with van der Waals surface area (Å²) in [6.45, 7) is 1.23. The molecule has 0 bridgehead atoms. The van der Waals surface area contributed by atoms with Crippen LogP contribution in [0.3, 0.4) is 0 Å². The lowest BCUT2D eigenvalue weighted by Crippen LogP contribution is -2.57. The molecule has 0 radical (unpaired) electrons. The Balaban J connectivity index is 1.64. The average Bonchev–Trinajstić information content (AvgIpc) is 2.97. The van der Waals surface area contributed by atoms with Crippen molar-refractivity contribution in [3.8, 4) is 0 Å². The van der Waals surface area contributed by atoms with Crippen molar-refractivity contribution < 1.29 is 19.4 Å². The number of aromatic nitrogens is 1. The molecule has 1 aromatic heterocycles. The summed E-state index contributed by atoms with van der Waals surface area (Å²) in [6.07, 6.45) is 2.80. The number of hydrogen-bond donors (Lipinski definition) is 2. The number of carboxylic acid groups (broad SMARTS) is 1. The molecule has 122 valence electrons. The van der Waals surface area contributed by atoms with Gasteiger partial charge in [0, 0.05) is 50.7 Å². The van der Waals surface area contributed by atoms with Gasteiger partial charge >= 0.3 is 5.97 Å². The number of ether oxygens (including phenoxy) is 1. The van der Waals surface area contributed by atoms with Gasteiger partial charge in [-0.25, -0.2) is 4.79 Å². The molecule has 0 aliphatic carbocycles. The standard InChI is InChI=1S/C17H20N2O4/c20-15(18-17(16(21)22)7-11-23-12-8-17)6-10-19-9-5-13-3-1-2-4-14(13)19/h1-5,9H,6-8,10-12H2,(H,18,20)(H,21,22). The number of benzene rings is 1. The van der Waals surface area contributed by atoms with E-state index < -0.39 is 11.5 Å². The number of carbonyl (C=O) groups is 2. The highest BCUT2D eigenvalue weighted by molar-refractivity contribution is 5.87. The molecule has 0 unspecified atom stereocenters. The Morgan fingerprint density at radius 1 is 1.22 bits per heavy atom. The van der Waals surface area contributed by atoms with Crippen LogP contribution in [0.1, 0.15) is 19.3 Å². The molecule has 1 aliphatic rings. The highest BCUT2D eigenvalue weighted by atomic mass is 16.5. The smallest absolute Gasteiger partial charge is 0.329 e. The minimum absolute atomic E-state index is 0.243. The summed E-state index contributed by atoms with van der Waals surface area (Å²) in [6, 6.07) is 9.96. The zero-order valence-electron chi connectivity index (χ0n) is 12.8. The Kier molecular flexibility index (Phi) is 4.34. The van der Waals surface area contributed by atoms with Gasteiger partial charge in [-0.3, -0.25) is 4.79 Å². The molecular weight excluding hydrogens is 296 g/mol. The zero-order valence-corrected chi connectivity index (χ0v) is 12.8. The van der Waals surface area contributed by atoms with E-state index in [4.69, 9.17) is 4.74 Å². The maximum absolute atomic E-state index is 12.2. The van der Waals surface area contributed by atoms with Gasteiger partial charge in [0.25, 0.3) is 0 Å². The quantitative estimate of drug-likeness (QED) is 0.881. The third kappa shape index (κ3) is 3.22. The van der Waals surface area contributed by atoms with Gasteiger partial charge < -0.3 is 19.7 Å². The van der Waals surface area contributed by atoms with Gasteiger partial charge in [-0.15, -0.1) is 0 Å². The number of hydrogen-bond acceptors (Lipinski definition) is 3. The van der Waals surface area contributed by atoms with Crippen LogP contribution in [0, 0.1) is 0 Å². The van der Waals surface area contributed by atoms with Crippen molar-refractivity contribution in [1.82, 2.24) is 9.88 Å². The summed E-state index contributed by atoms with van der Waals surface area (Å²) in [5, 5.41) is 13.3. The second-order valence-corrected chi connectivity index (χ2v) is 5.87. The molecule has 2 aromatic rings. The molecule has 2 heterocycles. The second kappa shape index (κ2) is 6.42. The van der Waals surface area contributed by atoms with Crippen molar-refractivity contribution in [1.29, 1.82) is 0 Å². The van der Waals surface area contributed by atoms with Crippen LogP contribution >= 0.6 is 0 Å². The molecule has 6 nitrogen and oxygen atoms in total. The molecule has 0 atom stereocenters. The molecule has 1 aromatic carbocycles. The predicted molar refractivity (Wildman–Crippen MR) is 85.1 cm³/mol. The van der Waals surface area contributed by atoms with Crippen LogP contribution in [0.4, 0.5) is 0 Å². The first kappa shape index (κ1) is 15.6. The first-order valence-electron chi connectivity index (χ1n) is 7.77. The Hall–Kier alpha value is -2.34. The predicted octanol–water partition coefficient (Wildman–Crippen LogP) is 1.78. The molecule has 1 saturated heterocycles. The molecule has 1 amide bonds. The van der Waals surface area contributed by atoms with Gasteiger partial charge in [-0.05, 0) is 17.5 Å². The number of rotatable bonds is 5. The Bertz CT molecular complexity index is 716. The largest absolute Gasteiger partial charge is 0.480 e. The summed E-state index contributed by atoms with van der Waals surface area (Å²) < 4.78 is 7.21. The van der Waals surface area contributed by atoms with Crippen molar-refractivity contribution >= 4 is 22.8 Å². The van der Waals surface area contributed by atoms with Crippen LogP contribution in [-0.2, 0) is 20.9 Å². The first-order valence-corrected chi connectivity index (χ1v) is 7.77. The molecule has 1 fully saturated rings. The molecule has 1 aliphatic heterocycles. The molecule has 3 rings (SSSR count). The minimum Gasteiger partial charge on any atom is -0.480 e. The van der Waals surface area contributed by atoms with Crippen molar-refractivity contribution in [2.24, 2.45) is 0 Å². The lowest BCUT2D eigenvalue weighted by Gasteiger charge is -2.33. The normalized spacial score (nSPS) is 17.0. The number of amides is 1. The number of para-hydroxylation sites is 1. The van der Waals surface area contributed by atoms with E-state index in [0.717, 1.165) is 10.9 Å². The van der Waals surface area contributed by atoms with E-state index in [1.807, 2.05) is 41.1 Å². The lowest BCUT2D eigenvalue weighted by atomic mass is 9.90. The van der Waals surface area contributed by atoms with Crippen molar-refractivity contribution in [3.63, 3.8) is 0 Å². The summed E-state index contributed by atoms with van der Waals surface area (Å²) >= 11 is 0. The van der Waals surface area contributed by atoms with E-state index >= 15 is 0 Å². The molecule has 0 saturated carbocycles. The number of nitrogens with one attached hydrogen (secondary N) is 1. The number of fused-ring (bicyclic) bond motifs is 1. The van der Waals surface area contributed by atoms with Crippen LogP contribution in [0.15, 0.2) is 36.5 Å². The fraction of sp³-hybridized carbons (Fsp3) is 0.412. The molecular formula is C17H20N2O4. The van der Waals surface area contributed by atoms with Gasteiger partial charge in [0.1, 0.15) is 5.54 Å². The first-order chi connectivity index (χ1) is 11.1. The van der Waals surface area contributed by atoms with Crippen LogP contribution in [0.5, 0.6) is 0 Å². The van der Waals surface area contributed by atoms with Crippen molar-refractivity contribution in [2.75, 3.05) is 13.2 Å². The average molecular weight is 316 g/mol. The molecule has 23 heavy (non-hydrogen) atoms. The van der Waals surface area contributed by atoms with E-state index in [-0.39, 0.29) is 12.3 Å². The van der Waals surface area contributed by atoms with Gasteiger partial charge in [0.05, 0.1) is 0 Å². The number of carboxylic acids is 1. The fourth-order valence-electron chi connectivity index (χ4n) is 3.00. The Morgan fingerprint density at radius 3 is 2.70 bits per heavy atom. The number of nitrogens with zero attached hydrogens (tertiary/aromatic N) is 1. The summed E-state index contributed by atoms with van der Waals surface area (Å²) in [5.41, 5.74) is -0.118. The number of carbonyl (C=O) groups excluding carboxylic acids is 1. The summed E-state index contributed by atoms with van der Waals surface area (Å²) in [4.78, 5) is 23.8. The van der Waals surface area contributed by atoms with Crippen LogP contribution in [0.2, 0.25) is 0 Å². The fourth-order valence-corrected chi connectivity index (χ4v) is 3.00. The van der Waals surface area contributed by atoms with E-state index in [9.17, 15) is 14.7 Å². The monoisotopic (exact) mass is 316 g/mol. The third-order valence-corrected chi connectivity index (χ3v) is 4.39. The lowest BCUT2D eigenvalue weighted by molar-refractivity contribution is -0.152. The molecule has 2 N–H and O–H groups in total. The SMILES string of the molecule is O=C(CCn1ccc2ccccc21)NC1(C(=O)O)CCOCC1. The van der Waals surface area contributed by atoms with Gasteiger partial charge in [-0.1, -0.05) is 18.2 Å². The number of aryl methyl sites for hydroxylation is 1. The van der Waals surface area contributed by atoms with Gasteiger partial charge in [0.15, 0.2) is 0 Å². The zero-order chi connectivity index (χ0) is 16.3. The Morgan fingerprint density at radius 2 is 1.96 bits per heavy atom. The third-order valence-electron chi connectivity index (χ3n) is 4.39. The maximum atomic E-state index is 12.2. The summed E-state index contributed by atoms with van der Waals surface area (Å²) in [5.74, 6) is -1.23. The Labute approximate surface area is 134 Å². The minimum atomic E-state index is -1.19. The molecule has 6 heteroatoms.